The fourth-order valence-corrected chi connectivity index (χ4v) is 5.10. The normalized spacial score (nSPS) is 32.0. The SMILES string of the molecule is CC1CCC2C(C)(C)C2(c2ccccc2CON[C@H](C)C(=O)O)C1. The molecular formula is C20H29NO3. The number of carbonyl (C=O) groups is 1. The largest absolute Gasteiger partial charge is 0.480 e. The lowest BCUT2D eigenvalue weighted by Gasteiger charge is -2.30. The lowest BCUT2D eigenvalue weighted by atomic mass is 9.74. The van der Waals surface area contributed by atoms with Gasteiger partial charge in [-0.05, 0) is 48.1 Å². The number of benzene rings is 1. The molecule has 0 aliphatic heterocycles. The summed E-state index contributed by atoms with van der Waals surface area (Å²) in [7, 11) is 0. The molecule has 4 heteroatoms. The average Bonchev–Trinajstić information content (AvgIpc) is 3.03. The van der Waals surface area contributed by atoms with Gasteiger partial charge >= 0.3 is 5.97 Å². The topological polar surface area (TPSA) is 58.6 Å². The summed E-state index contributed by atoms with van der Waals surface area (Å²) in [5, 5.41) is 8.94. The van der Waals surface area contributed by atoms with Gasteiger partial charge in [0.05, 0.1) is 6.61 Å². The number of hydrogen-bond donors (Lipinski definition) is 2. The van der Waals surface area contributed by atoms with Gasteiger partial charge in [-0.25, -0.2) is 0 Å². The van der Waals surface area contributed by atoms with Crippen molar-refractivity contribution in [3.8, 4) is 0 Å². The zero-order chi connectivity index (χ0) is 17.5. The van der Waals surface area contributed by atoms with E-state index in [9.17, 15) is 4.79 Å². The second-order valence-corrected chi connectivity index (χ2v) is 8.26. The molecule has 0 radical (unpaired) electrons. The first-order chi connectivity index (χ1) is 11.3. The number of carboxylic acid groups (broad SMARTS) is 1. The number of fused-ring (bicyclic) bond motifs is 1. The molecule has 0 heterocycles. The molecule has 0 amide bonds. The van der Waals surface area contributed by atoms with Gasteiger partial charge < -0.3 is 5.11 Å². The van der Waals surface area contributed by atoms with Gasteiger partial charge in [0, 0.05) is 5.41 Å². The van der Waals surface area contributed by atoms with Crippen LogP contribution in [0.15, 0.2) is 24.3 Å². The maximum absolute atomic E-state index is 10.9. The molecule has 2 fully saturated rings. The van der Waals surface area contributed by atoms with E-state index >= 15 is 0 Å². The van der Waals surface area contributed by atoms with Crippen LogP contribution in [0, 0.1) is 17.3 Å². The minimum atomic E-state index is -0.911. The molecule has 4 nitrogen and oxygen atoms in total. The molecule has 2 aliphatic carbocycles. The van der Waals surface area contributed by atoms with Crippen molar-refractivity contribution in [2.24, 2.45) is 17.3 Å². The molecule has 0 aromatic heterocycles. The van der Waals surface area contributed by atoms with E-state index < -0.39 is 12.0 Å². The molecule has 4 atom stereocenters. The van der Waals surface area contributed by atoms with Crippen LogP contribution in [0.1, 0.15) is 58.1 Å². The Morgan fingerprint density at radius 3 is 2.79 bits per heavy atom. The third kappa shape index (κ3) is 2.66. The van der Waals surface area contributed by atoms with Gasteiger partial charge in [-0.3, -0.25) is 9.63 Å². The third-order valence-corrected chi connectivity index (χ3v) is 6.51. The van der Waals surface area contributed by atoms with Crippen LogP contribution < -0.4 is 5.48 Å². The summed E-state index contributed by atoms with van der Waals surface area (Å²) in [6, 6.07) is 7.80. The van der Waals surface area contributed by atoms with Crippen LogP contribution in [0.3, 0.4) is 0 Å². The summed E-state index contributed by atoms with van der Waals surface area (Å²) in [5.41, 5.74) is 5.77. The lowest BCUT2D eigenvalue weighted by Crippen LogP contribution is -2.33. The Morgan fingerprint density at radius 1 is 1.38 bits per heavy atom. The third-order valence-electron chi connectivity index (χ3n) is 6.51. The fraction of sp³-hybridized carbons (Fsp3) is 0.650. The second kappa shape index (κ2) is 6.16. The summed E-state index contributed by atoms with van der Waals surface area (Å²) in [4.78, 5) is 16.4. The van der Waals surface area contributed by atoms with Crippen molar-refractivity contribution in [2.45, 2.75) is 65.0 Å². The predicted octanol–water partition coefficient (Wildman–Crippen LogP) is 3.89. The Labute approximate surface area is 144 Å². The van der Waals surface area contributed by atoms with Crippen molar-refractivity contribution in [2.75, 3.05) is 0 Å². The summed E-state index contributed by atoms with van der Waals surface area (Å²) >= 11 is 0. The second-order valence-electron chi connectivity index (χ2n) is 8.26. The Balaban J connectivity index is 1.81. The highest BCUT2D eigenvalue weighted by Gasteiger charge is 2.72. The molecule has 2 saturated carbocycles. The number of aliphatic carboxylic acids is 1. The number of hydroxylamine groups is 1. The molecule has 1 aromatic carbocycles. The standard InChI is InChI=1S/C20H29NO3/c1-13-9-10-17-19(3,4)20(17,11-13)16-8-6-5-7-15(16)12-24-21-14(2)18(22)23/h5-8,13-14,17,21H,9-12H2,1-4H3,(H,22,23)/t13?,14-,17?,20?/m1/s1. The number of rotatable bonds is 6. The Hall–Kier alpha value is -1.39. The van der Waals surface area contributed by atoms with Crippen LogP contribution in [-0.4, -0.2) is 17.1 Å². The maximum atomic E-state index is 10.9. The molecule has 132 valence electrons. The van der Waals surface area contributed by atoms with Crippen LogP contribution in [0.5, 0.6) is 0 Å². The van der Waals surface area contributed by atoms with Crippen molar-refractivity contribution < 1.29 is 14.7 Å². The van der Waals surface area contributed by atoms with Crippen LogP contribution >= 0.6 is 0 Å². The van der Waals surface area contributed by atoms with Crippen molar-refractivity contribution >= 4 is 5.97 Å². The zero-order valence-corrected chi connectivity index (χ0v) is 15.1. The minimum absolute atomic E-state index is 0.253. The van der Waals surface area contributed by atoms with E-state index in [1.807, 2.05) is 6.07 Å². The van der Waals surface area contributed by atoms with E-state index in [1.165, 1.54) is 30.4 Å². The van der Waals surface area contributed by atoms with Gasteiger partial charge in [0.15, 0.2) is 0 Å². The first kappa shape index (κ1) is 17.4. The Bertz CT molecular complexity index is 627. The van der Waals surface area contributed by atoms with Gasteiger partial charge in [0.2, 0.25) is 0 Å². The minimum Gasteiger partial charge on any atom is -0.480 e. The van der Waals surface area contributed by atoms with E-state index in [1.54, 1.807) is 6.92 Å². The van der Waals surface area contributed by atoms with E-state index in [-0.39, 0.29) is 5.41 Å². The van der Waals surface area contributed by atoms with E-state index in [4.69, 9.17) is 9.94 Å². The molecular weight excluding hydrogens is 302 g/mol. The van der Waals surface area contributed by atoms with Gasteiger partial charge in [-0.15, -0.1) is 0 Å². The highest BCUT2D eigenvalue weighted by atomic mass is 16.6. The molecule has 2 N–H and O–H groups in total. The molecule has 0 bridgehead atoms. The van der Waals surface area contributed by atoms with Gasteiger partial charge in [0.1, 0.15) is 6.04 Å². The van der Waals surface area contributed by atoms with E-state index in [2.05, 4.69) is 44.5 Å². The average molecular weight is 331 g/mol. The van der Waals surface area contributed by atoms with Gasteiger partial charge in [-0.1, -0.05) is 51.5 Å². The highest BCUT2D eigenvalue weighted by molar-refractivity contribution is 5.72. The zero-order valence-electron chi connectivity index (χ0n) is 15.1. The molecule has 24 heavy (non-hydrogen) atoms. The van der Waals surface area contributed by atoms with Crippen molar-refractivity contribution in [1.82, 2.24) is 5.48 Å². The Kier molecular flexibility index (Phi) is 4.47. The first-order valence-electron chi connectivity index (χ1n) is 8.99. The van der Waals surface area contributed by atoms with Crippen LogP contribution in [0.4, 0.5) is 0 Å². The van der Waals surface area contributed by atoms with Crippen LogP contribution in [-0.2, 0) is 21.7 Å². The molecule has 3 rings (SSSR count). The van der Waals surface area contributed by atoms with Crippen LogP contribution in [0.2, 0.25) is 0 Å². The number of hydrogen-bond acceptors (Lipinski definition) is 3. The molecule has 0 spiro atoms. The summed E-state index contributed by atoms with van der Waals surface area (Å²) in [6.45, 7) is 9.14. The number of carboxylic acids is 1. The number of nitrogens with one attached hydrogen (secondary N) is 1. The van der Waals surface area contributed by atoms with Gasteiger partial charge in [-0.2, -0.15) is 5.48 Å². The predicted molar refractivity (Wildman–Crippen MR) is 93.4 cm³/mol. The Morgan fingerprint density at radius 2 is 2.08 bits per heavy atom. The molecule has 1 aromatic rings. The lowest BCUT2D eigenvalue weighted by molar-refractivity contribution is -0.143. The van der Waals surface area contributed by atoms with Gasteiger partial charge in [0.25, 0.3) is 0 Å². The first-order valence-corrected chi connectivity index (χ1v) is 8.99. The van der Waals surface area contributed by atoms with Crippen molar-refractivity contribution in [1.29, 1.82) is 0 Å². The molecule has 0 saturated heterocycles. The summed E-state index contributed by atoms with van der Waals surface area (Å²) in [5.74, 6) is 0.585. The monoisotopic (exact) mass is 331 g/mol. The van der Waals surface area contributed by atoms with Crippen LogP contribution in [0.25, 0.3) is 0 Å². The maximum Gasteiger partial charge on any atom is 0.322 e. The van der Waals surface area contributed by atoms with Crippen molar-refractivity contribution in [3.63, 3.8) is 0 Å². The highest BCUT2D eigenvalue weighted by Crippen LogP contribution is 2.76. The van der Waals surface area contributed by atoms with Crippen molar-refractivity contribution in [3.05, 3.63) is 35.4 Å². The molecule has 3 unspecified atom stereocenters. The summed E-state index contributed by atoms with van der Waals surface area (Å²) in [6.07, 6.45) is 3.87. The van der Waals surface area contributed by atoms with E-state index in [0.717, 1.165) is 11.8 Å². The fourth-order valence-electron chi connectivity index (χ4n) is 5.10. The smallest absolute Gasteiger partial charge is 0.322 e. The quantitative estimate of drug-likeness (QED) is 0.776. The van der Waals surface area contributed by atoms with E-state index in [0.29, 0.717) is 12.0 Å². The molecule has 2 aliphatic rings. The summed E-state index contributed by atoms with van der Waals surface area (Å²) < 4.78 is 0.